The molecule has 0 atom stereocenters. The Kier molecular flexibility index (Phi) is 4.50. The van der Waals surface area contributed by atoms with Crippen molar-refractivity contribution < 1.29 is 4.42 Å². The number of benzene rings is 2. The van der Waals surface area contributed by atoms with Crippen molar-refractivity contribution in [3.8, 4) is 11.5 Å². The molecule has 0 fully saturated rings. The number of aryl methyl sites for hydroxylation is 2. The van der Waals surface area contributed by atoms with E-state index in [-0.39, 0.29) is 12.1 Å². The van der Waals surface area contributed by atoms with E-state index in [1.54, 1.807) is 18.4 Å². The van der Waals surface area contributed by atoms with Gasteiger partial charge in [-0.15, -0.1) is 0 Å². The third kappa shape index (κ3) is 3.36. The predicted octanol–water partition coefficient (Wildman–Crippen LogP) is 5.02. The van der Waals surface area contributed by atoms with Crippen LogP contribution in [0.15, 0.2) is 52.1 Å². The standard InChI is InChI=1S/C20H15Cl2N3O2/c1-11-3-4-15(12(2)5-11)19-24-14(9-27-19)8-25-10-23-18-16(20(25)26)6-13(21)7-17(18)22/h3-7,9-10H,8H2,1-2H3. The summed E-state index contributed by atoms with van der Waals surface area (Å²) in [7, 11) is 0. The first-order valence-corrected chi connectivity index (χ1v) is 9.04. The fraction of sp³-hybridized carbons (Fsp3) is 0.150. The van der Waals surface area contributed by atoms with Crippen LogP contribution in [0.4, 0.5) is 0 Å². The lowest BCUT2D eigenvalue weighted by Crippen LogP contribution is -2.21. The van der Waals surface area contributed by atoms with Gasteiger partial charge >= 0.3 is 0 Å². The van der Waals surface area contributed by atoms with Crippen LogP contribution in [-0.2, 0) is 6.54 Å². The summed E-state index contributed by atoms with van der Waals surface area (Å²) >= 11 is 12.1. The zero-order valence-electron chi connectivity index (χ0n) is 14.7. The molecule has 4 rings (SSSR count). The molecule has 0 spiro atoms. The summed E-state index contributed by atoms with van der Waals surface area (Å²) in [5.41, 5.74) is 4.00. The summed E-state index contributed by atoms with van der Waals surface area (Å²) < 4.78 is 7.08. The molecule has 2 aromatic heterocycles. The van der Waals surface area contributed by atoms with Crippen LogP contribution in [0.1, 0.15) is 16.8 Å². The molecular formula is C20H15Cl2N3O2. The molecule has 0 amide bonds. The average molecular weight is 400 g/mol. The monoisotopic (exact) mass is 399 g/mol. The Bertz CT molecular complexity index is 1230. The normalized spacial score (nSPS) is 11.3. The highest BCUT2D eigenvalue weighted by Crippen LogP contribution is 2.25. The Morgan fingerprint density at radius 3 is 2.74 bits per heavy atom. The van der Waals surface area contributed by atoms with Crippen LogP contribution in [-0.4, -0.2) is 14.5 Å². The molecule has 0 radical (unpaired) electrons. The van der Waals surface area contributed by atoms with Crippen LogP contribution in [0.2, 0.25) is 10.0 Å². The maximum absolute atomic E-state index is 12.8. The molecule has 0 saturated heterocycles. The first-order valence-electron chi connectivity index (χ1n) is 8.28. The number of hydrogen-bond acceptors (Lipinski definition) is 4. The molecule has 0 aliphatic rings. The van der Waals surface area contributed by atoms with E-state index < -0.39 is 0 Å². The maximum Gasteiger partial charge on any atom is 0.261 e. The van der Waals surface area contributed by atoms with Crippen molar-refractivity contribution in [1.82, 2.24) is 14.5 Å². The minimum Gasteiger partial charge on any atom is -0.444 e. The summed E-state index contributed by atoms with van der Waals surface area (Å²) in [6.45, 7) is 4.28. The van der Waals surface area contributed by atoms with Crippen LogP contribution < -0.4 is 5.56 Å². The maximum atomic E-state index is 12.8. The van der Waals surface area contributed by atoms with Gasteiger partial charge in [0, 0.05) is 10.6 Å². The fourth-order valence-corrected chi connectivity index (χ4v) is 3.58. The van der Waals surface area contributed by atoms with Gasteiger partial charge in [-0.05, 0) is 37.6 Å². The zero-order chi connectivity index (χ0) is 19.1. The Morgan fingerprint density at radius 2 is 1.96 bits per heavy atom. The topological polar surface area (TPSA) is 60.9 Å². The summed E-state index contributed by atoms with van der Waals surface area (Å²) in [6.07, 6.45) is 3.01. The Balaban J connectivity index is 1.70. The molecule has 0 aliphatic heterocycles. The lowest BCUT2D eigenvalue weighted by atomic mass is 10.1. The molecule has 2 heterocycles. The molecule has 136 valence electrons. The molecule has 0 aliphatic carbocycles. The Labute approximate surface area is 165 Å². The van der Waals surface area contributed by atoms with E-state index >= 15 is 0 Å². The molecule has 2 aromatic carbocycles. The smallest absolute Gasteiger partial charge is 0.261 e. The molecule has 0 unspecified atom stereocenters. The van der Waals surface area contributed by atoms with Gasteiger partial charge in [0.05, 0.1) is 34.5 Å². The van der Waals surface area contributed by atoms with Gasteiger partial charge in [-0.25, -0.2) is 9.97 Å². The molecule has 7 heteroatoms. The fourth-order valence-electron chi connectivity index (χ4n) is 3.04. The first kappa shape index (κ1) is 17.8. The minimum atomic E-state index is -0.236. The van der Waals surface area contributed by atoms with Crippen LogP contribution in [0.25, 0.3) is 22.4 Å². The van der Waals surface area contributed by atoms with E-state index in [1.165, 1.54) is 16.5 Å². The first-order chi connectivity index (χ1) is 12.9. The van der Waals surface area contributed by atoms with Crippen LogP contribution >= 0.6 is 23.2 Å². The van der Waals surface area contributed by atoms with Crippen molar-refractivity contribution in [3.05, 3.63) is 80.1 Å². The SMILES string of the molecule is Cc1ccc(-c2nc(Cn3cnc4c(Cl)cc(Cl)cc4c3=O)co2)c(C)c1. The Hall–Kier alpha value is -2.63. The largest absolute Gasteiger partial charge is 0.444 e. The molecular weight excluding hydrogens is 385 g/mol. The number of aromatic nitrogens is 3. The van der Waals surface area contributed by atoms with Crippen molar-refractivity contribution in [2.45, 2.75) is 20.4 Å². The van der Waals surface area contributed by atoms with Gasteiger partial charge in [0.15, 0.2) is 0 Å². The summed E-state index contributed by atoms with van der Waals surface area (Å²) in [6, 6.07) is 9.20. The van der Waals surface area contributed by atoms with Gasteiger partial charge in [-0.3, -0.25) is 9.36 Å². The molecule has 0 saturated carbocycles. The molecule has 27 heavy (non-hydrogen) atoms. The number of halogens is 2. The van der Waals surface area contributed by atoms with Crippen molar-refractivity contribution in [2.75, 3.05) is 0 Å². The average Bonchev–Trinajstić information content (AvgIpc) is 3.06. The summed E-state index contributed by atoms with van der Waals surface area (Å²) in [4.78, 5) is 21.6. The van der Waals surface area contributed by atoms with Crippen molar-refractivity contribution in [3.63, 3.8) is 0 Å². The highest BCUT2D eigenvalue weighted by molar-refractivity contribution is 6.38. The van der Waals surface area contributed by atoms with Crippen LogP contribution in [0.5, 0.6) is 0 Å². The summed E-state index contributed by atoms with van der Waals surface area (Å²) in [5, 5.41) is 1.11. The highest BCUT2D eigenvalue weighted by atomic mass is 35.5. The number of rotatable bonds is 3. The second-order valence-electron chi connectivity index (χ2n) is 6.42. The van der Waals surface area contributed by atoms with Gasteiger partial charge < -0.3 is 4.42 Å². The molecule has 4 aromatic rings. The van der Waals surface area contributed by atoms with E-state index in [1.807, 2.05) is 26.0 Å². The van der Waals surface area contributed by atoms with Gasteiger partial charge in [-0.1, -0.05) is 40.9 Å². The molecule has 0 N–H and O–H groups in total. The Morgan fingerprint density at radius 1 is 1.15 bits per heavy atom. The van der Waals surface area contributed by atoms with Gasteiger partial charge in [-0.2, -0.15) is 0 Å². The lowest BCUT2D eigenvalue weighted by Gasteiger charge is -2.06. The lowest BCUT2D eigenvalue weighted by molar-refractivity contribution is 0.570. The number of oxazole rings is 1. The van der Waals surface area contributed by atoms with Crippen LogP contribution in [0, 0.1) is 13.8 Å². The van der Waals surface area contributed by atoms with E-state index in [0.717, 1.165) is 11.1 Å². The number of hydrogen-bond donors (Lipinski definition) is 0. The third-order valence-electron chi connectivity index (χ3n) is 4.34. The number of fused-ring (bicyclic) bond motifs is 1. The number of nitrogens with zero attached hydrogens (tertiary/aromatic N) is 3. The second-order valence-corrected chi connectivity index (χ2v) is 7.27. The van der Waals surface area contributed by atoms with Gasteiger partial charge in [0.1, 0.15) is 6.26 Å². The second kappa shape index (κ2) is 6.83. The van der Waals surface area contributed by atoms with E-state index in [2.05, 4.69) is 16.0 Å². The summed E-state index contributed by atoms with van der Waals surface area (Å²) in [5.74, 6) is 0.524. The zero-order valence-corrected chi connectivity index (χ0v) is 16.2. The van der Waals surface area contributed by atoms with Gasteiger partial charge in [0.2, 0.25) is 5.89 Å². The van der Waals surface area contributed by atoms with Gasteiger partial charge in [0.25, 0.3) is 5.56 Å². The third-order valence-corrected chi connectivity index (χ3v) is 4.85. The van der Waals surface area contributed by atoms with E-state index in [9.17, 15) is 4.79 Å². The quantitative estimate of drug-likeness (QED) is 0.484. The van der Waals surface area contributed by atoms with E-state index in [4.69, 9.17) is 27.6 Å². The van der Waals surface area contributed by atoms with E-state index in [0.29, 0.717) is 32.5 Å². The highest BCUT2D eigenvalue weighted by Gasteiger charge is 2.13. The van der Waals surface area contributed by atoms with Crippen molar-refractivity contribution in [2.24, 2.45) is 0 Å². The minimum absolute atomic E-state index is 0.236. The predicted molar refractivity (Wildman–Crippen MR) is 107 cm³/mol. The van der Waals surface area contributed by atoms with Crippen molar-refractivity contribution in [1.29, 1.82) is 0 Å². The molecule has 5 nitrogen and oxygen atoms in total. The van der Waals surface area contributed by atoms with Crippen LogP contribution in [0.3, 0.4) is 0 Å². The molecule has 0 bridgehead atoms. The van der Waals surface area contributed by atoms with Crippen molar-refractivity contribution >= 4 is 34.1 Å².